The first kappa shape index (κ1) is 89.8. The van der Waals surface area contributed by atoms with E-state index in [4.69, 9.17) is 35.4 Å². The normalized spacial score (nSPS) is 15.1. The van der Waals surface area contributed by atoms with Crippen LogP contribution in [0.5, 0.6) is 0 Å². The number of carbonyl (C=O) groups excluding carboxylic acids is 5. The number of methoxy groups -OCH3 is 2. The van der Waals surface area contributed by atoms with Gasteiger partial charge in [0, 0.05) is 86.7 Å². The fourth-order valence-corrected chi connectivity index (χ4v) is 9.91. The molecule has 0 radical (unpaired) electrons. The van der Waals surface area contributed by atoms with Gasteiger partial charge in [0.05, 0.1) is 77.7 Å². The van der Waals surface area contributed by atoms with E-state index < -0.39 is 72.1 Å². The first-order valence-corrected chi connectivity index (χ1v) is 33.5. The predicted octanol–water partition coefficient (Wildman–Crippen LogP) is 7.86. The molecule has 0 aromatic heterocycles. The van der Waals surface area contributed by atoms with Gasteiger partial charge in [-0.25, -0.2) is 15.1 Å². The van der Waals surface area contributed by atoms with Crippen LogP contribution in [0.1, 0.15) is 124 Å². The predicted molar refractivity (Wildman–Crippen MR) is 411 cm³/mol. The number of esters is 2. The summed E-state index contributed by atoms with van der Waals surface area (Å²) in [5.41, 5.74) is 16.9. The Labute approximate surface area is 624 Å². The minimum absolute atomic E-state index is 0. The van der Waals surface area contributed by atoms with E-state index in [1.165, 1.54) is 57.2 Å². The maximum atomic E-state index is 12.4. The molecule has 566 valence electrons. The van der Waals surface area contributed by atoms with E-state index in [2.05, 4.69) is 143 Å². The van der Waals surface area contributed by atoms with Crippen molar-refractivity contribution in [3.05, 3.63) is 231 Å². The highest BCUT2D eigenvalue weighted by Crippen LogP contribution is 2.15. The lowest BCUT2D eigenvalue weighted by atomic mass is 10.1. The molecule has 3 heterocycles. The molecule has 6 aromatic carbocycles. The number of carbonyl (C=O) groups is 6. The van der Waals surface area contributed by atoms with Crippen molar-refractivity contribution in [1.29, 1.82) is 0 Å². The molecule has 3 amide bonds. The SMILES string of the molecule is C.C.C.COC(=O)[C@@H](N)[C@@H](C)O.COC(=O)[C@@H](NC(=O)c1ccc(C#C/C=C/c2ccc(CN3CCOCC3)cc2)cc1)[C@@H](C)O.C[C@@H](O)[C@H](NC(=O)c1ccc(C#C/C=C/c2ccc(CN3CCOCC3)cc2)cc1)C(=O)NO.O=C(O)c1ccc(C#C/C=C/c2ccc(CN3CCOCC3)cc2)cc1. The number of rotatable bonds is 20. The van der Waals surface area contributed by atoms with Gasteiger partial charge in [-0.2, -0.15) is 0 Å². The minimum Gasteiger partial charge on any atom is -0.478 e. The van der Waals surface area contributed by atoms with Crippen LogP contribution in [0.3, 0.4) is 0 Å². The van der Waals surface area contributed by atoms with Gasteiger partial charge in [-0.3, -0.25) is 39.1 Å². The van der Waals surface area contributed by atoms with Crippen molar-refractivity contribution in [3.63, 3.8) is 0 Å². The molecule has 0 saturated carbocycles. The fourth-order valence-electron chi connectivity index (χ4n) is 9.91. The van der Waals surface area contributed by atoms with Gasteiger partial charge in [0.1, 0.15) is 12.1 Å². The largest absolute Gasteiger partial charge is 0.478 e. The molecule has 106 heavy (non-hydrogen) atoms. The number of carboxylic acid groups (broad SMARTS) is 1. The minimum atomic E-state index is -1.27. The average molecular weight is 1450 g/mol. The Morgan fingerprint density at radius 2 is 0.745 bits per heavy atom. The Bertz CT molecular complexity index is 3770. The average Bonchev–Trinajstić information content (AvgIpc) is 0.922. The van der Waals surface area contributed by atoms with Crippen LogP contribution in [0.25, 0.3) is 18.2 Å². The molecule has 3 aliphatic rings. The van der Waals surface area contributed by atoms with Gasteiger partial charge in [-0.05, 0) is 163 Å². The Morgan fingerprint density at radius 3 is 1.00 bits per heavy atom. The van der Waals surface area contributed by atoms with Crippen molar-refractivity contribution in [2.24, 2.45) is 5.73 Å². The summed E-state index contributed by atoms with van der Waals surface area (Å²) in [4.78, 5) is 76.3. The van der Waals surface area contributed by atoms with Gasteiger partial charge in [0.25, 0.3) is 17.7 Å². The van der Waals surface area contributed by atoms with Crippen LogP contribution in [0.2, 0.25) is 0 Å². The van der Waals surface area contributed by atoms with Crippen LogP contribution in [0.4, 0.5) is 0 Å². The molecule has 0 unspecified atom stereocenters. The number of morpholine rings is 3. The molecule has 3 aliphatic heterocycles. The van der Waals surface area contributed by atoms with Gasteiger partial charge in [0.15, 0.2) is 6.04 Å². The number of ether oxygens (including phenoxy) is 5. The first-order chi connectivity index (χ1) is 49.7. The Hall–Kier alpha value is -10.4. The number of aliphatic hydroxyl groups excluding tert-OH is 3. The second kappa shape index (κ2) is 49.3. The zero-order chi connectivity index (χ0) is 74.3. The molecule has 0 spiro atoms. The number of hydrogen-bond donors (Lipinski definition) is 9. The van der Waals surface area contributed by atoms with Crippen molar-refractivity contribution in [3.8, 4) is 35.5 Å². The van der Waals surface area contributed by atoms with Crippen molar-refractivity contribution in [2.45, 2.75) is 99.1 Å². The van der Waals surface area contributed by atoms with Gasteiger partial charge in [-0.1, -0.05) is 131 Å². The van der Waals surface area contributed by atoms with Crippen LogP contribution in [-0.4, -0.2) is 206 Å². The Kier molecular flexibility index (Phi) is 41.8. The number of carboxylic acids is 1. The molecular weight excluding hydrogens is 1350 g/mol. The molecule has 10 N–H and O–H groups in total. The van der Waals surface area contributed by atoms with E-state index in [0.717, 1.165) is 132 Å². The number of nitrogens with two attached hydrogens (primary N) is 1. The topological polar surface area (TPSA) is 322 Å². The van der Waals surface area contributed by atoms with E-state index in [1.54, 1.807) is 84.9 Å². The van der Waals surface area contributed by atoms with Gasteiger partial charge in [-0.15, -0.1) is 0 Å². The summed E-state index contributed by atoms with van der Waals surface area (Å²) in [6.07, 6.45) is 8.14. The van der Waals surface area contributed by atoms with E-state index in [-0.39, 0.29) is 27.8 Å². The number of aliphatic hydroxyl groups is 3. The summed E-state index contributed by atoms with van der Waals surface area (Å²) in [6, 6.07) is 41.7. The van der Waals surface area contributed by atoms with Crippen molar-refractivity contribution < 1.29 is 78.1 Å². The molecule has 0 bridgehead atoms. The lowest BCUT2D eigenvalue weighted by Gasteiger charge is -2.26. The van der Waals surface area contributed by atoms with Crippen LogP contribution in [0, 0.1) is 35.5 Å². The number of aromatic carboxylic acids is 1. The third kappa shape index (κ3) is 32.7. The third-order valence-corrected chi connectivity index (χ3v) is 16.0. The quantitative estimate of drug-likeness (QED) is 0.0152. The summed E-state index contributed by atoms with van der Waals surface area (Å²) in [7, 11) is 2.43. The van der Waals surface area contributed by atoms with Gasteiger partial charge in [0.2, 0.25) is 0 Å². The molecule has 23 nitrogen and oxygen atoms in total. The molecular formula is C83H103N7O16. The zero-order valence-electron chi connectivity index (χ0n) is 58.5. The summed E-state index contributed by atoms with van der Waals surface area (Å²) >= 11 is 0. The third-order valence-electron chi connectivity index (χ3n) is 16.0. The lowest BCUT2D eigenvalue weighted by Crippen LogP contribution is -2.51. The molecule has 3 saturated heterocycles. The van der Waals surface area contributed by atoms with Crippen LogP contribution in [-0.2, 0) is 57.7 Å². The van der Waals surface area contributed by atoms with Crippen LogP contribution < -0.4 is 21.8 Å². The molecule has 3 fully saturated rings. The van der Waals surface area contributed by atoms with E-state index >= 15 is 0 Å². The molecule has 6 aromatic rings. The van der Waals surface area contributed by atoms with Gasteiger partial charge >= 0.3 is 17.9 Å². The van der Waals surface area contributed by atoms with Crippen LogP contribution in [0.15, 0.2) is 164 Å². The lowest BCUT2D eigenvalue weighted by molar-refractivity contribution is -0.146. The molecule has 0 aliphatic carbocycles. The number of nitrogens with zero attached hydrogens (tertiary/aromatic N) is 3. The second-order valence-corrected chi connectivity index (χ2v) is 23.9. The van der Waals surface area contributed by atoms with E-state index in [9.17, 15) is 39.0 Å². The Morgan fingerprint density at radius 1 is 0.453 bits per heavy atom. The summed E-state index contributed by atoms with van der Waals surface area (Å²) < 4.78 is 25.0. The van der Waals surface area contributed by atoms with Crippen molar-refractivity contribution >= 4 is 53.9 Å². The van der Waals surface area contributed by atoms with Gasteiger partial charge < -0.3 is 60.5 Å². The Balaban J connectivity index is 0.000000387. The van der Waals surface area contributed by atoms with Crippen LogP contribution >= 0.6 is 0 Å². The number of allylic oxidation sites excluding steroid dienone is 3. The van der Waals surface area contributed by atoms with E-state index in [0.29, 0.717) is 11.1 Å². The maximum absolute atomic E-state index is 12.4. The molecule has 6 atom stereocenters. The summed E-state index contributed by atoms with van der Waals surface area (Å²) in [5, 5.41) is 50.5. The number of hydrogen-bond acceptors (Lipinski definition) is 19. The van der Waals surface area contributed by atoms with Crippen molar-refractivity contribution in [2.75, 3.05) is 93.1 Å². The highest BCUT2D eigenvalue weighted by atomic mass is 16.5. The van der Waals surface area contributed by atoms with E-state index in [1.807, 2.05) is 24.3 Å². The highest BCUT2D eigenvalue weighted by Gasteiger charge is 2.28. The maximum Gasteiger partial charge on any atom is 0.335 e. The highest BCUT2D eigenvalue weighted by molar-refractivity contribution is 5.98. The zero-order valence-corrected chi connectivity index (χ0v) is 58.5. The summed E-state index contributed by atoms with van der Waals surface area (Å²) in [6.45, 7) is 17.7. The summed E-state index contributed by atoms with van der Waals surface area (Å²) in [5.74, 6) is 13.8. The smallest absolute Gasteiger partial charge is 0.335 e. The molecule has 23 heteroatoms. The van der Waals surface area contributed by atoms with Crippen molar-refractivity contribution in [1.82, 2.24) is 30.8 Å². The number of hydroxylamine groups is 1. The fraction of sp³-hybridized carbons (Fsp3) is 0.349. The second-order valence-electron chi connectivity index (χ2n) is 23.9. The number of nitrogens with one attached hydrogen (secondary N) is 3. The monoisotopic (exact) mass is 1450 g/mol. The molecule has 9 rings (SSSR count). The number of amides is 3. The number of benzene rings is 6. The first-order valence-electron chi connectivity index (χ1n) is 33.5. The standard InChI is InChI=1S/C27H30N2O5.C26H29N3O5.C22H21NO3.C5H11NO3.3CH4/c1-20(30)25(27(32)33-2)28-26(31)24-13-11-22(12-14-24)6-4-3-5-21-7-9-23(10-8-21)19-29-15-17-34-18-16-29;1-19(30)24(26(32)28-33)27-25(31)23-12-10-21(11-13-23)5-3-2-4-20-6-8-22(9-7-20)18-29-14-16-34-17-15-29;24-22(25)21-11-9-19(10-12-21)4-2-1-3-18-5-7-20(8-6-18)17-23-13-15-26-16-14-23;1-3(7)4(6)5(8)9-2;;;/h3,5,7-14,20,25,30H,15-19H2,1-2H3,(H,28,31);2,4,6-13,19,24,30,33H,14-18H2,1H3,(H,27,31)(H,28,32);1,3,5-12H,13-17H2,(H,24,25);3-4,7H,6H2,1-2H3;3*1H4/b5-3+;4-2+;3-1+;;;;/t20-,25+;19-,24+;;3-,4+;;;/m11.1.../s1.